The summed E-state index contributed by atoms with van der Waals surface area (Å²) in [6.45, 7) is 6.88. The number of hydrogen-bond acceptors (Lipinski definition) is 2. The van der Waals surface area contributed by atoms with E-state index in [9.17, 15) is 0 Å². The zero-order chi connectivity index (χ0) is 12.2. The maximum absolute atomic E-state index is 8.81. The van der Waals surface area contributed by atoms with E-state index in [1.807, 2.05) is 13.0 Å². The Hall–Kier alpha value is -1.01. The minimum absolute atomic E-state index is 0.0923. The SMILES string of the molecule is Cc1ccc(C#N)cc1OCC(C)(C)CBr. The van der Waals surface area contributed by atoms with E-state index >= 15 is 0 Å². The van der Waals surface area contributed by atoms with Crippen molar-refractivity contribution in [1.82, 2.24) is 0 Å². The summed E-state index contributed by atoms with van der Waals surface area (Å²) < 4.78 is 5.75. The molecule has 0 fully saturated rings. The highest BCUT2D eigenvalue weighted by Gasteiger charge is 2.17. The molecule has 0 bridgehead atoms. The number of halogens is 1. The predicted molar refractivity (Wildman–Crippen MR) is 69.0 cm³/mol. The van der Waals surface area contributed by atoms with E-state index in [2.05, 4.69) is 35.8 Å². The van der Waals surface area contributed by atoms with E-state index in [0.717, 1.165) is 16.6 Å². The number of hydrogen-bond donors (Lipinski definition) is 0. The molecule has 16 heavy (non-hydrogen) atoms. The van der Waals surface area contributed by atoms with Crippen LogP contribution in [0.25, 0.3) is 0 Å². The molecule has 0 aliphatic carbocycles. The van der Waals surface area contributed by atoms with Crippen molar-refractivity contribution in [1.29, 1.82) is 5.26 Å². The van der Waals surface area contributed by atoms with Crippen molar-refractivity contribution in [2.45, 2.75) is 20.8 Å². The van der Waals surface area contributed by atoms with E-state index in [4.69, 9.17) is 10.00 Å². The lowest BCUT2D eigenvalue weighted by atomic mass is 9.98. The van der Waals surface area contributed by atoms with Gasteiger partial charge in [-0.05, 0) is 24.6 Å². The predicted octanol–water partition coefficient (Wildman–Crippen LogP) is 3.67. The first-order chi connectivity index (χ1) is 7.48. The quantitative estimate of drug-likeness (QED) is 0.789. The van der Waals surface area contributed by atoms with Crippen molar-refractivity contribution < 1.29 is 4.74 Å². The van der Waals surface area contributed by atoms with E-state index in [0.29, 0.717) is 12.2 Å². The van der Waals surface area contributed by atoms with Gasteiger partial charge in [-0.25, -0.2) is 0 Å². The minimum atomic E-state index is 0.0923. The van der Waals surface area contributed by atoms with Crippen LogP contribution in [0.3, 0.4) is 0 Å². The maximum Gasteiger partial charge on any atom is 0.123 e. The third-order valence-electron chi connectivity index (χ3n) is 2.30. The van der Waals surface area contributed by atoms with Crippen molar-refractivity contribution in [3.05, 3.63) is 29.3 Å². The van der Waals surface area contributed by atoms with Gasteiger partial charge in [-0.3, -0.25) is 0 Å². The fourth-order valence-corrected chi connectivity index (χ4v) is 1.30. The van der Waals surface area contributed by atoms with Gasteiger partial charge in [0, 0.05) is 10.7 Å². The van der Waals surface area contributed by atoms with Gasteiger partial charge in [0.1, 0.15) is 5.75 Å². The first kappa shape index (κ1) is 13.1. The van der Waals surface area contributed by atoms with Gasteiger partial charge in [0.2, 0.25) is 0 Å². The fourth-order valence-electron chi connectivity index (χ4n) is 1.14. The van der Waals surface area contributed by atoms with Crippen LogP contribution in [-0.4, -0.2) is 11.9 Å². The highest BCUT2D eigenvalue weighted by atomic mass is 79.9. The molecule has 0 N–H and O–H groups in total. The molecule has 0 unspecified atom stereocenters. The van der Waals surface area contributed by atoms with Crippen molar-refractivity contribution in [2.75, 3.05) is 11.9 Å². The van der Waals surface area contributed by atoms with Gasteiger partial charge in [0.15, 0.2) is 0 Å². The lowest BCUT2D eigenvalue weighted by Gasteiger charge is -2.22. The van der Waals surface area contributed by atoms with Crippen molar-refractivity contribution in [2.24, 2.45) is 5.41 Å². The molecule has 86 valence electrons. The maximum atomic E-state index is 8.81. The van der Waals surface area contributed by atoms with Crippen LogP contribution in [0.2, 0.25) is 0 Å². The average Bonchev–Trinajstić information content (AvgIpc) is 2.28. The molecule has 0 radical (unpaired) electrons. The highest BCUT2D eigenvalue weighted by molar-refractivity contribution is 9.09. The van der Waals surface area contributed by atoms with Crippen LogP contribution in [0.5, 0.6) is 5.75 Å². The van der Waals surface area contributed by atoms with Crippen LogP contribution in [-0.2, 0) is 0 Å². The molecular formula is C13H16BrNO. The zero-order valence-corrected chi connectivity index (χ0v) is 11.5. The fraction of sp³-hybridized carbons (Fsp3) is 0.462. The Morgan fingerprint density at radius 1 is 1.44 bits per heavy atom. The molecule has 0 saturated heterocycles. The lowest BCUT2D eigenvalue weighted by molar-refractivity contribution is 0.202. The molecule has 1 aromatic carbocycles. The van der Waals surface area contributed by atoms with Gasteiger partial charge in [-0.1, -0.05) is 35.8 Å². The molecule has 0 heterocycles. The topological polar surface area (TPSA) is 33.0 Å². The minimum Gasteiger partial charge on any atom is -0.493 e. The number of alkyl halides is 1. The molecule has 0 atom stereocenters. The molecule has 1 aromatic rings. The van der Waals surface area contributed by atoms with E-state index in [1.54, 1.807) is 12.1 Å². The van der Waals surface area contributed by atoms with Crippen LogP contribution < -0.4 is 4.74 Å². The summed E-state index contributed by atoms with van der Waals surface area (Å²) in [7, 11) is 0. The third-order valence-corrected chi connectivity index (χ3v) is 3.82. The molecule has 0 saturated carbocycles. The number of aryl methyl sites for hydroxylation is 1. The number of benzene rings is 1. The number of ether oxygens (including phenoxy) is 1. The average molecular weight is 282 g/mol. The summed E-state index contributed by atoms with van der Waals surface area (Å²) >= 11 is 3.46. The lowest BCUT2D eigenvalue weighted by Crippen LogP contribution is -2.23. The Bertz CT molecular complexity index is 407. The van der Waals surface area contributed by atoms with Gasteiger partial charge in [-0.2, -0.15) is 5.26 Å². The molecule has 0 aliphatic heterocycles. The summed E-state index contributed by atoms with van der Waals surface area (Å²) in [5.74, 6) is 0.799. The molecule has 0 aromatic heterocycles. The standard InChI is InChI=1S/C13H16BrNO/c1-10-4-5-11(7-15)6-12(10)16-9-13(2,3)8-14/h4-6H,8-9H2,1-3H3. The Kier molecular flexibility index (Phi) is 4.37. The Morgan fingerprint density at radius 2 is 2.12 bits per heavy atom. The van der Waals surface area contributed by atoms with Crippen molar-refractivity contribution >= 4 is 15.9 Å². The Balaban J connectivity index is 2.78. The molecule has 1 rings (SSSR count). The Morgan fingerprint density at radius 3 is 2.69 bits per heavy atom. The largest absolute Gasteiger partial charge is 0.493 e. The molecule has 0 spiro atoms. The molecule has 0 aliphatic rings. The number of nitrogens with zero attached hydrogens (tertiary/aromatic N) is 1. The van der Waals surface area contributed by atoms with Crippen molar-refractivity contribution in [3.63, 3.8) is 0 Å². The smallest absolute Gasteiger partial charge is 0.123 e. The molecule has 2 nitrogen and oxygen atoms in total. The zero-order valence-electron chi connectivity index (χ0n) is 9.88. The first-order valence-corrected chi connectivity index (χ1v) is 6.30. The number of nitriles is 1. The third kappa shape index (κ3) is 3.53. The first-order valence-electron chi connectivity index (χ1n) is 5.18. The normalized spacial score (nSPS) is 10.9. The van der Waals surface area contributed by atoms with Crippen LogP contribution in [0.1, 0.15) is 25.0 Å². The highest BCUT2D eigenvalue weighted by Crippen LogP contribution is 2.24. The number of rotatable bonds is 4. The summed E-state index contributed by atoms with van der Waals surface area (Å²) in [4.78, 5) is 0. The molecular weight excluding hydrogens is 266 g/mol. The van der Waals surface area contributed by atoms with Crippen LogP contribution >= 0.6 is 15.9 Å². The summed E-state index contributed by atoms with van der Waals surface area (Å²) in [5, 5.41) is 9.70. The van der Waals surface area contributed by atoms with Gasteiger partial charge in [-0.15, -0.1) is 0 Å². The summed E-state index contributed by atoms with van der Waals surface area (Å²) in [6.07, 6.45) is 0. The van der Waals surface area contributed by atoms with Gasteiger partial charge >= 0.3 is 0 Å². The van der Waals surface area contributed by atoms with Crippen LogP contribution in [0.15, 0.2) is 18.2 Å². The molecule has 0 amide bonds. The van der Waals surface area contributed by atoms with Gasteiger partial charge in [0.05, 0.1) is 18.2 Å². The van der Waals surface area contributed by atoms with Gasteiger partial charge in [0.25, 0.3) is 0 Å². The van der Waals surface area contributed by atoms with Crippen LogP contribution in [0.4, 0.5) is 0 Å². The van der Waals surface area contributed by atoms with Crippen molar-refractivity contribution in [3.8, 4) is 11.8 Å². The Labute approximate surface area is 105 Å². The van der Waals surface area contributed by atoms with E-state index < -0.39 is 0 Å². The summed E-state index contributed by atoms with van der Waals surface area (Å²) in [6, 6.07) is 7.62. The second-order valence-corrected chi connectivity index (χ2v) is 5.24. The van der Waals surface area contributed by atoms with Crippen LogP contribution in [0, 0.1) is 23.7 Å². The molecule has 3 heteroatoms. The van der Waals surface area contributed by atoms with E-state index in [-0.39, 0.29) is 5.41 Å². The second kappa shape index (κ2) is 5.36. The van der Waals surface area contributed by atoms with Gasteiger partial charge < -0.3 is 4.74 Å². The second-order valence-electron chi connectivity index (χ2n) is 4.68. The monoisotopic (exact) mass is 281 g/mol. The summed E-state index contributed by atoms with van der Waals surface area (Å²) in [5.41, 5.74) is 1.79. The van der Waals surface area contributed by atoms with E-state index in [1.165, 1.54) is 0 Å².